The van der Waals surface area contributed by atoms with E-state index >= 15 is 0 Å². The zero-order chi connectivity index (χ0) is 31.4. The largest absolute Gasteiger partial charge is 0.573 e. The van der Waals surface area contributed by atoms with Crippen molar-refractivity contribution < 1.29 is 27.5 Å². The maximum absolute atomic E-state index is 12.7. The monoisotopic (exact) mass is 640 g/mol. The highest BCUT2D eigenvalue weighted by Gasteiger charge is 2.32. The topological polar surface area (TPSA) is 93.9 Å². The number of halogens is 3. The van der Waals surface area contributed by atoms with Crippen molar-refractivity contribution in [2.45, 2.75) is 39.2 Å². The standard InChI is InChI=1S/C30H27F3N6O3S2/c1-18(2)24-6-4-5-7-25(24)39-26(40)16-44-29(39)35-28(43)37-42-19(3)20-8-10-21(11-9-20)27-34-17-38(36-27)22-12-14-23(15-13-22)41-30(31,32)33/h4-15,17-19H,16H2,1-3H3,(H,37,43). The van der Waals surface area contributed by atoms with Gasteiger partial charge in [-0.05, 0) is 66.5 Å². The number of nitrogens with one attached hydrogen (secondary N) is 1. The summed E-state index contributed by atoms with van der Waals surface area (Å²) in [6, 6.07) is 20.4. The Labute approximate surface area is 261 Å². The molecule has 44 heavy (non-hydrogen) atoms. The van der Waals surface area contributed by atoms with Crippen LogP contribution in [-0.2, 0) is 9.63 Å². The van der Waals surface area contributed by atoms with Crippen molar-refractivity contribution in [2.75, 3.05) is 10.7 Å². The molecular weight excluding hydrogens is 613 g/mol. The molecule has 1 saturated heterocycles. The number of benzene rings is 3. The normalized spacial score (nSPS) is 15.2. The van der Waals surface area contributed by atoms with Crippen molar-refractivity contribution in [3.8, 4) is 22.8 Å². The fraction of sp³-hybridized carbons (Fsp3) is 0.233. The Hall–Kier alpha value is -4.27. The molecular formula is C30H27F3N6O3S2. The number of amides is 1. The zero-order valence-corrected chi connectivity index (χ0v) is 25.4. The number of hydroxylamine groups is 1. The van der Waals surface area contributed by atoms with Crippen LogP contribution in [0.15, 0.2) is 84.1 Å². The van der Waals surface area contributed by atoms with Crippen LogP contribution in [0.5, 0.6) is 5.75 Å². The van der Waals surface area contributed by atoms with E-state index in [1.54, 1.807) is 4.90 Å². The number of thioether (sulfide) groups is 1. The van der Waals surface area contributed by atoms with Gasteiger partial charge in [-0.2, -0.15) is 4.99 Å². The number of aliphatic imine (C=N–C) groups is 1. The molecule has 0 aliphatic carbocycles. The number of ether oxygens (including phenoxy) is 1. The molecule has 1 unspecified atom stereocenters. The van der Waals surface area contributed by atoms with Crippen molar-refractivity contribution in [1.82, 2.24) is 20.2 Å². The first kappa shape index (κ1) is 31.2. The fourth-order valence-electron chi connectivity index (χ4n) is 4.40. The quantitative estimate of drug-likeness (QED) is 0.163. The summed E-state index contributed by atoms with van der Waals surface area (Å²) in [7, 11) is 0. The molecule has 4 aromatic rings. The highest BCUT2D eigenvalue weighted by molar-refractivity contribution is 8.15. The highest BCUT2D eigenvalue weighted by atomic mass is 32.2. The molecule has 0 radical (unpaired) electrons. The minimum Gasteiger partial charge on any atom is -0.406 e. The van der Waals surface area contributed by atoms with Crippen LogP contribution >= 0.6 is 24.0 Å². The molecule has 0 bridgehead atoms. The van der Waals surface area contributed by atoms with Crippen molar-refractivity contribution in [3.05, 3.63) is 90.3 Å². The van der Waals surface area contributed by atoms with Gasteiger partial charge >= 0.3 is 6.36 Å². The second-order valence-corrected chi connectivity index (χ2v) is 11.3. The van der Waals surface area contributed by atoms with E-state index in [0.29, 0.717) is 16.7 Å². The lowest BCUT2D eigenvalue weighted by atomic mass is 10.0. The molecule has 3 aromatic carbocycles. The average molecular weight is 641 g/mol. The van der Waals surface area contributed by atoms with Crippen LogP contribution < -0.4 is 15.1 Å². The summed E-state index contributed by atoms with van der Waals surface area (Å²) < 4.78 is 42.6. The van der Waals surface area contributed by atoms with Gasteiger partial charge in [0.15, 0.2) is 11.0 Å². The molecule has 228 valence electrons. The summed E-state index contributed by atoms with van der Waals surface area (Å²) in [6.07, 6.45) is -3.69. The summed E-state index contributed by atoms with van der Waals surface area (Å²) in [5, 5.41) is 5.00. The zero-order valence-electron chi connectivity index (χ0n) is 23.8. The lowest BCUT2D eigenvalue weighted by Crippen LogP contribution is -2.32. The Morgan fingerprint density at radius 1 is 1.05 bits per heavy atom. The summed E-state index contributed by atoms with van der Waals surface area (Å²) in [5.41, 5.74) is 6.64. The molecule has 1 fully saturated rings. The Balaban J connectivity index is 1.20. The number of thiocarbonyl (C=S) groups is 1. The molecule has 5 rings (SSSR count). The van der Waals surface area contributed by atoms with Crippen LogP contribution in [0.2, 0.25) is 0 Å². The van der Waals surface area contributed by atoms with Crippen LogP contribution in [0.1, 0.15) is 43.9 Å². The molecule has 1 amide bonds. The molecule has 1 N–H and O–H groups in total. The minimum atomic E-state index is -4.76. The summed E-state index contributed by atoms with van der Waals surface area (Å²) in [5.74, 6) is 0.543. The number of carbonyl (C=O) groups is 1. The fourth-order valence-corrected chi connectivity index (χ4v) is 5.46. The minimum absolute atomic E-state index is 0.0632. The van der Waals surface area contributed by atoms with Gasteiger partial charge < -0.3 is 4.74 Å². The molecule has 14 heteroatoms. The predicted molar refractivity (Wildman–Crippen MR) is 167 cm³/mol. The number of aromatic nitrogens is 3. The number of carbonyl (C=O) groups excluding carboxylic acids is 1. The van der Waals surface area contributed by atoms with E-state index in [1.807, 2.05) is 55.5 Å². The van der Waals surface area contributed by atoms with Crippen LogP contribution in [0.4, 0.5) is 18.9 Å². The van der Waals surface area contributed by atoms with E-state index in [9.17, 15) is 18.0 Å². The number of nitrogens with zero attached hydrogens (tertiary/aromatic N) is 5. The maximum Gasteiger partial charge on any atom is 0.573 e. The Morgan fingerprint density at radius 2 is 1.75 bits per heavy atom. The van der Waals surface area contributed by atoms with E-state index in [1.165, 1.54) is 47.0 Å². The highest BCUT2D eigenvalue weighted by Crippen LogP contribution is 2.33. The van der Waals surface area contributed by atoms with Gasteiger partial charge in [-0.3, -0.25) is 14.5 Å². The SMILES string of the molecule is CC(C)c1ccccc1N1C(=O)CSC1=NC(=S)NOC(C)c1ccc(-c2ncn(-c3ccc(OC(F)(F)F)cc3)n2)cc1. The van der Waals surface area contributed by atoms with Crippen molar-refractivity contribution in [2.24, 2.45) is 4.99 Å². The summed E-state index contributed by atoms with van der Waals surface area (Å²) in [6.45, 7) is 5.99. The third-order valence-electron chi connectivity index (χ3n) is 6.55. The number of amidine groups is 1. The van der Waals surface area contributed by atoms with Crippen LogP contribution in [0.3, 0.4) is 0 Å². The average Bonchev–Trinajstić information content (AvgIpc) is 3.62. The first-order chi connectivity index (χ1) is 21.0. The second-order valence-electron chi connectivity index (χ2n) is 9.97. The van der Waals surface area contributed by atoms with Gasteiger partial charge in [0.25, 0.3) is 0 Å². The van der Waals surface area contributed by atoms with Crippen LogP contribution in [-0.4, -0.2) is 43.1 Å². The Bertz CT molecular complexity index is 1670. The third kappa shape index (κ3) is 7.44. The summed E-state index contributed by atoms with van der Waals surface area (Å²) in [4.78, 5) is 28.8. The second kappa shape index (κ2) is 13.2. The third-order valence-corrected chi connectivity index (χ3v) is 7.65. The van der Waals surface area contributed by atoms with Crippen LogP contribution in [0.25, 0.3) is 17.1 Å². The molecule has 9 nitrogen and oxygen atoms in total. The molecule has 0 saturated carbocycles. The first-order valence-electron chi connectivity index (χ1n) is 13.5. The van der Waals surface area contributed by atoms with E-state index in [0.717, 1.165) is 22.4 Å². The van der Waals surface area contributed by atoms with Gasteiger partial charge in [-0.25, -0.2) is 15.1 Å². The molecule has 0 spiro atoms. The number of para-hydroxylation sites is 1. The Kier molecular flexibility index (Phi) is 9.32. The number of anilines is 1. The Morgan fingerprint density at radius 3 is 2.43 bits per heavy atom. The van der Waals surface area contributed by atoms with Crippen molar-refractivity contribution >= 4 is 45.9 Å². The van der Waals surface area contributed by atoms with Gasteiger partial charge in [0, 0.05) is 5.56 Å². The van der Waals surface area contributed by atoms with E-state index < -0.39 is 12.5 Å². The van der Waals surface area contributed by atoms with E-state index in [2.05, 4.69) is 39.1 Å². The van der Waals surface area contributed by atoms with Gasteiger partial charge in [0.2, 0.25) is 11.0 Å². The molecule has 1 aliphatic heterocycles. The molecule has 1 atom stereocenters. The summed E-state index contributed by atoms with van der Waals surface area (Å²) >= 11 is 6.71. The number of hydrogen-bond acceptors (Lipinski definition) is 7. The van der Waals surface area contributed by atoms with Gasteiger partial charge in [0.05, 0.1) is 17.1 Å². The maximum atomic E-state index is 12.7. The first-order valence-corrected chi connectivity index (χ1v) is 14.8. The number of alkyl halides is 3. The van der Waals surface area contributed by atoms with E-state index in [-0.39, 0.29) is 28.4 Å². The van der Waals surface area contributed by atoms with Crippen molar-refractivity contribution in [1.29, 1.82) is 0 Å². The van der Waals surface area contributed by atoms with Crippen molar-refractivity contribution in [3.63, 3.8) is 0 Å². The van der Waals surface area contributed by atoms with Gasteiger partial charge in [-0.1, -0.05) is 68.1 Å². The van der Waals surface area contributed by atoms with Gasteiger partial charge in [0.1, 0.15) is 18.2 Å². The molecule has 1 aliphatic rings. The predicted octanol–water partition coefficient (Wildman–Crippen LogP) is 6.96. The van der Waals surface area contributed by atoms with Crippen LogP contribution in [0, 0.1) is 0 Å². The van der Waals surface area contributed by atoms with E-state index in [4.69, 9.17) is 17.1 Å². The van der Waals surface area contributed by atoms with Gasteiger partial charge in [-0.15, -0.1) is 18.3 Å². The lowest BCUT2D eigenvalue weighted by molar-refractivity contribution is -0.274. The molecule has 1 aromatic heterocycles. The number of rotatable bonds is 8. The lowest BCUT2D eigenvalue weighted by Gasteiger charge is -2.21. The molecule has 2 heterocycles. The number of hydrogen-bond donors (Lipinski definition) is 1. The smallest absolute Gasteiger partial charge is 0.406 e.